The van der Waals surface area contributed by atoms with Crippen LogP contribution in [0.25, 0.3) is 0 Å². The van der Waals surface area contributed by atoms with E-state index in [1.807, 2.05) is 0 Å². The van der Waals surface area contributed by atoms with E-state index in [1.54, 1.807) is 6.08 Å². The fourth-order valence-electron chi connectivity index (χ4n) is 8.00. The molecule has 3 saturated carbocycles. The normalized spacial score (nSPS) is 41.1. The molecule has 0 aromatic carbocycles. The van der Waals surface area contributed by atoms with Gasteiger partial charge in [0.15, 0.2) is 0 Å². The highest BCUT2D eigenvalue weighted by Crippen LogP contribution is 2.64. The van der Waals surface area contributed by atoms with Crippen molar-refractivity contribution in [3.63, 3.8) is 0 Å². The van der Waals surface area contributed by atoms with Crippen LogP contribution in [0.15, 0.2) is 12.2 Å². The van der Waals surface area contributed by atoms with Gasteiger partial charge in [0.2, 0.25) is 11.8 Å². The van der Waals surface area contributed by atoms with Crippen molar-refractivity contribution in [2.45, 2.75) is 104 Å². The molecule has 0 spiro atoms. The summed E-state index contributed by atoms with van der Waals surface area (Å²) in [7, 11) is 0. The van der Waals surface area contributed by atoms with Gasteiger partial charge in [-0.1, -0.05) is 59.0 Å². The maximum absolute atomic E-state index is 13.2. The number of fused-ring (bicyclic) bond motifs is 5. The summed E-state index contributed by atoms with van der Waals surface area (Å²) >= 11 is 0. The van der Waals surface area contributed by atoms with Gasteiger partial charge in [-0.05, 0) is 74.2 Å². The number of carbonyl (C=O) groups excluding carboxylic acids is 2. The van der Waals surface area contributed by atoms with Gasteiger partial charge in [-0.25, -0.2) is 0 Å². The molecule has 3 fully saturated rings. The molecule has 3 aliphatic carbocycles. The van der Waals surface area contributed by atoms with E-state index < -0.39 is 0 Å². The zero-order valence-electron chi connectivity index (χ0n) is 20.1. The van der Waals surface area contributed by atoms with Crippen molar-refractivity contribution in [2.24, 2.45) is 34.5 Å². The minimum Gasteiger partial charge on any atom is -0.356 e. The molecule has 174 valence electrons. The van der Waals surface area contributed by atoms with E-state index in [0.717, 1.165) is 32.2 Å². The molecule has 2 N–H and O–H groups in total. The summed E-state index contributed by atoms with van der Waals surface area (Å²) in [6.45, 7) is 7.88. The van der Waals surface area contributed by atoms with Crippen molar-refractivity contribution >= 4 is 11.8 Å². The molecule has 4 aliphatic rings. The van der Waals surface area contributed by atoms with Gasteiger partial charge >= 0.3 is 0 Å². The smallest absolute Gasteiger partial charge is 0.243 e. The number of rotatable bonds is 8. The van der Waals surface area contributed by atoms with Crippen LogP contribution in [0.4, 0.5) is 0 Å². The van der Waals surface area contributed by atoms with Crippen LogP contribution in [0.3, 0.4) is 0 Å². The van der Waals surface area contributed by atoms with E-state index in [4.69, 9.17) is 0 Å². The Labute approximate surface area is 189 Å². The second-order valence-electron chi connectivity index (χ2n) is 11.4. The quantitative estimate of drug-likeness (QED) is 0.510. The van der Waals surface area contributed by atoms with Crippen LogP contribution >= 0.6 is 0 Å². The summed E-state index contributed by atoms with van der Waals surface area (Å²) in [5.41, 5.74) is 0.230. The van der Waals surface area contributed by atoms with Gasteiger partial charge in [-0.15, -0.1) is 0 Å². The fraction of sp³-hybridized carbons (Fsp3) is 0.852. The van der Waals surface area contributed by atoms with Crippen LogP contribution in [0, 0.1) is 34.5 Å². The first-order valence-corrected chi connectivity index (χ1v) is 13.2. The van der Waals surface area contributed by atoms with E-state index in [1.165, 1.54) is 51.4 Å². The maximum atomic E-state index is 13.2. The Morgan fingerprint density at radius 2 is 1.81 bits per heavy atom. The van der Waals surface area contributed by atoms with Gasteiger partial charge in [0.1, 0.15) is 0 Å². The van der Waals surface area contributed by atoms with E-state index in [0.29, 0.717) is 23.7 Å². The van der Waals surface area contributed by atoms with E-state index in [-0.39, 0.29) is 28.7 Å². The van der Waals surface area contributed by atoms with Gasteiger partial charge in [-0.3, -0.25) is 9.59 Å². The standard InChI is InChI=1S/C27H44N2O2/c1-4-5-6-7-8-9-18-28-25(31)22-12-11-20-19-10-13-23-27(3,17-15-24(30)29-23)21(19)14-16-26(20,22)2/h15,17,19-23H,4-14,16,18H2,1-3H3,(H,28,31)(H,29,30)/t19-,20-,21+,22?,23?,26-,27+/m0/s1. The summed E-state index contributed by atoms with van der Waals surface area (Å²) in [5, 5.41) is 6.55. The predicted octanol–water partition coefficient (Wildman–Crippen LogP) is 5.38. The number of unbranched alkanes of at least 4 members (excludes halogenated alkanes) is 5. The summed E-state index contributed by atoms with van der Waals surface area (Å²) in [6.07, 6.45) is 18.4. The molecule has 4 nitrogen and oxygen atoms in total. The molecule has 31 heavy (non-hydrogen) atoms. The average molecular weight is 429 g/mol. The van der Waals surface area contributed by atoms with Crippen molar-refractivity contribution in [3.8, 4) is 0 Å². The molecule has 0 radical (unpaired) electrons. The molecule has 0 aromatic rings. The molecule has 0 aromatic heterocycles. The van der Waals surface area contributed by atoms with Crippen LogP contribution < -0.4 is 10.6 Å². The number of hydrogen-bond acceptors (Lipinski definition) is 2. The second kappa shape index (κ2) is 9.27. The molecule has 1 heterocycles. The molecule has 7 atom stereocenters. The monoisotopic (exact) mass is 428 g/mol. The largest absolute Gasteiger partial charge is 0.356 e. The predicted molar refractivity (Wildman–Crippen MR) is 125 cm³/mol. The lowest BCUT2D eigenvalue weighted by atomic mass is 9.48. The van der Waals surface area contributed by atoms with Crippen molar-refractivity contribution in [1.29, 1.82) is 0 Å². The minimum atomic E-state index is 0.0736. The lowest BCUT2D eigenvalue weighted by Gasteiger charge is -2.58. The van der Waals surface area contributed by atoms with Crippen molar-refractivity contribution < 1.29 is 9.59 Å². The van der Waals surface area contributed by atoms with Crippen molar-refractivity contribution in [2.75, 3.05) is 6.54 Å². The Morgan fingerprint density at radius 1 is 1.03 bits per heavy atom. The van der Waals surface area contributed by atoms with Gasteiger partial charge in [0.05, 0.1) is 0 Å². The van der Waals surface area contributed by atoms with Crippen molar-refractivity contribution in [1.82, 2.24) is 10.6 Å². The molecule has 0 bridgehead atoms. The van der Waals surface area contributed by atoms with E-state index in [2.05, 4.69) is 37.5 Å². The number of carbonyl (C=O) groups is 2. The molecule has 2 unspecified atom stereocenters. The third-order valence-electron chi connectivity index (χ3n) is 9.83. The highest BCUT2D eigenvalue weighted by molar-refractivity contribution is 5.89. The third-order valence-corrected chi connectivity index (χ3v) is 9.83. The average Bonchev–Trinajstić information content (AvgIpc) is 3.11. The Morgan fingerprint density at radius 3 is 2.61 bits per heavy atom. The summed E-state index contributed by atoms with van der Waals surface area (Å²) < 4.78 is 0. The topological polar surface area (TPSA) is 58.2 Å². The Hall–Kier alpha value is -1.32. The Kier molecular flexibility index (Phi) is 6.84. The van der Waals surface area contributed by atoms with Gasteiger partial charge in [0.25, 0.3) is 0 Å². The second-order valence-corrected chi connectivity index (χ2v) is 11.4. The first kappa shape index (κ1) is 22.9. The van der Waals surface area contributed by atoms with Crippen LogP contribution in [-0.4, -0.2) is 24.4 Å². The molecular formula is C27H44N2O2. The zero-order chi connectivity index (χ0) is 22.1. The SMILES string of the molecule is CCCCCCCCNC(=O)C1CC[C@H]2[C@@H]3CCC4NC(=O)C=C[C@]4(C)[C@@H]3CC[C@]12C. The lowest BCUT2D eigenvalue weighted by Crippen LogP contribution is -2.59. The molecule has 4 heteroatoms. The molecule has 0 saturated heterocycles. The first-order valence-electron chi connectivity index (χ1n) is 13.2. The van der Waals surface area contributed by atoms with Crippen LogP contribution in [0.5, 0.6) is 0 Å². The van der Waals surface area contributed by atoms with E-state index in [9.17, 15) is 9.59 Å². The van der Waals surface area contributed by atoms with Crippen LogP contribution in [-0.2, 0) is 9.59 Å². The summed E-state index contributed by atoms with van der Waals surface area (Å²) in [4.78, 5) is 25.1. The highest BCUT2D eigenvalue weighted by atomic mass is 16.2. The fourth-order valence-corrected chi connectivity index (χ4v) is 8.00. The zero-order valence-corrected chi connectivity index (χ0v) is 20.1. The van der Waals surface area contributed by atoms with Gasteiger partial charge < -0.3 is 10.6 Å². The third kappa shape index (κ3) is 4.20. The number of amides is 2. The van der Waals surface area contributed by atoms with Gasteiger partial charge in [-0.2, -0.15) is 0 Å². The number of hydrogen-bond donors (Lipinski definition) is 2. The molecular weight excluding hydrogens is 384 g/mol. The molecule has 1 aliphatic heterocycles. The van der Waals surface area contributed by atoms with Crippen LogP contribution in [0.2, 0.25) is 0 Å². The Balaban J connectivity index is 1.35. The minimum absolute atomic E-state index is 0.0736. The van der Waals surface area contributed by atoms with Gasteiger partial charge in [0, 0.05) is 23.9 Å². The maximum Gasteiger partial charge on any atom is 0.243 e. The Bertz CT molecular complexity index is 703. The molecule has 4 rings (SSSR count). The number of nitrogens with one attached hydrogen (secondary N) is 2. The van der Waals surface area contributed by atoms with E-state index >= 15 is 0 Å². The van der Waals surface area contributed by atoms with Crippen molar-refractivity contribution in [3.05, 3.63) is 12.2 Å². The highest BCUT2D eigenvalue weighted by Gasteiger charge is 2.60. The summed E-state index contributed by atoms with van der Waals surface area (Å²) in [6, 6.07) is 0.286. The first-order chi connectivity index (χ1) is 14.9. The molecule has 2 amide bonds. The van der Waals surface area contributed by atoms with Crippen LogP contribution in [0.1, 0.15) is 97.8 Å². The summed E-state index contributed by atoms with van der Waals surface area (Å²) in [5.74, 6) is 2.55. The lowest BCUT2D eigenvalue weighted by molar-refractivity contribution is -0.134.